The Morgan fingerprint density at radius 3 is 2.52 bits per heavy atom. The molecule has 0 bridgehead atoms. The van der Waals surface area contributed by atoms with E-state index in [1.165, 1.54) is 10.9 Å². The van der Waals surface area contributed by atoms with Crippen LogP contribution in [0.4, 0.5) is 0 Å². The number of carbonyl (C=O) groups excluding carboxylic acids is 2. The number of nitrogens with zero attached hydrogens (tertiary/aromatic N) is 3. The second kappa shape index (κ2) is 8.15. The Balaban J connectivity index is 1.93. The Hall–Kier alpha value is -3.07. The fourth-order valence-corrected chi connectivity index (χ4v) is 1.90. The number of nitrogens with two attached hydrogens (primary N) is 2. The molecular formula is C15H16ClN5O4. The molecule has 0 spiro atoms. The summed E-state index contributed by atoms with van der Waals surface area (Å²) in [6.45, 7) is 1.36. The number of aromatic nitrogens is 2. The lowest BCUT2D eigenvalue weighted by Gasteiger charge is -2.05. The fourth-order valence-electron chi connectivity index (χ4n) is 1.76. The third kappa shape index (κ3) is 5.21. The molecule has 0 radical (unpaired) electrons. The van der Waals surface area contributed by atoms with Crippen molar-refractivity contribution in [2.24, 2.45) is 16.6 Å². The van der Waals surface area contributed by atoms with Gasteiger partial charge in [0, 0.05) is 5.56 Å². The minimum absolute atomic E-state index is 0.00465. The molecule has 0 aliphatic heterocycles. The molecule has 0 atom stereocenters. The van der Waals surface area contributed by atoms with Crippen LogP contribution in [0.25, 0.3) is 0 Å². The standard InChI is InChI=1S/C15H16ClN5O4/c1-9-12(16)6-19-21(9)7-14(23)25-20-15(18)10-2-4-11(5-3-10)24-8-13(17)22/h2-6H,7-8H2,1H3,(H2,17,22)(H2,18,20). The van der Waals surface area contributed by atoms with Gasteiger partial charge in [0.15, 0.2) is 12.4 Å². The van der Waals surface area contributed by atoms with E-state index >= 15 is 0 Å². The Morgan fingerprint density at radius 2 is 1.96 bits per heavy atom. The Bertz CT molecular complexity index is 801. The minimum atomic E-state index is -0.646. The van der Waals surface area contributed by atoms with Gasteiger partial charge in [-0.1, -0.05) is 16.8 Å². The number of halogens is 1. The van der Waals surface area contributed by atoms with Gasteiger partial charge in [0.2, 0.25) is 0 Å². The van der Waals surface area contributed by atoms with E-state index in [-0.39, 0.29) is 19.0 Å². The van der Waals surface area contributed by atoms with Gasteiger partial charge in [0.1, 0.15) is 12.3 Å². The maximum atomic E-state index is 11.8. The first-order chi connectivity index (χ1) is 11.9. The van der Waals surface area contributed by atoms with Gasteiger partial charge >= 0.3 is 5.97 Å². The topological polar surface area (TPSA) is 135 Å². The number of ether oxygens (including phenoxy) is 1. The molecule has 0 aliphatic carbocycles. The molecule has 1 amide bonds. The lowest BCUT2D eigenvalue weighted by molar-refractivity contribution is -0.144. The summed E-state index contributed by atoms with van der Waals surface area (Å²) in [5.74, 6) is -0.776. The van der Waals surface area contributed by atoms with Gasteiger partial charge in [0.05, 0.1) is 16.9 Å². The van der Waals surface area contributed by atoms with Crippen molar-refractivity contribution < 1.29 is 19.2 Å². The summed E-state index contributed by atoms with van der Waals surface area (Å²) in [7, 11) is 0. The van der Waals surface area contributed by atoms with E-state index in [4.69, 9.17) is 32.6 Å². The number of hydrogen-bond donors (Lipinski definition) is 2. The van der Waals surface area contributed by atoms with Crippen LogP contribution in [0.1, 0.15) is 11.3 Å². The van der Waals surface area contributed by atoms with Gasteiger partial charge in [-0.25, -0.2) is 4.79 Å². The molecular weight excluding hydrogens is 350 g/mol. The maximum Gasteiger partial charge on any atom is 0.356 e. The van der Waals surface area contributed by atoms with Gasteiger partial charge in [-0.15, -0.1) is 0 Å². The first-order valence-electron chi connectivity index (χ1n) is 7.09. The molecule has 0 saturated carbocycles. The lowest BCUT2D eigenvalue weighted by atomic mass is 10.2. The van der Waals surface area contributed by atoms with Crippen molar-refractivity contribution in [3.63, 3.8) is 0 Å². The second-order valence-corrected chi connectivity index (χ2v) is 5.36. The number of benzene rings is 1. The highest BCUT2D eigenvalue weighted by Gasteiger charge is 2.10. The van der Waals surface area contributed by atoms with Crippen LogP contribution in [0.2, 0.25) is 5.02 Å². The third-order valence-electron chi connectivity index (χ3n) is 3.10. The molecule has 0 saturated heterocycles. The van der Waals surface area contributed by atoms with Gasteiger partial charge in [0.25, 0.3) is 5.91 Å². The third-order valence-corrected chi connectivity index (χ3v) is 3.47. The van der Waals surface area contributed by atoms with Crippen LogP contribution in [0.5, 0.6) is 5.75 Å². The van der Waals surface area contributed by atoms with E-state index in [0.29, 0.717) is 22.0 Å². The lowest BCUT2D eigenvalue weighted by Crippen LogP contribution is -2.20. The molecule has 1 aromatic heterocycles. The summed E-state index contributed by atoms with van der Waals surface area (Å²) < 4.78 is 6.51. The summed E-state index contributed by atoms with van der Waals surface area (Å²) in [5, 5.41) is 7.98. The number of carbonyl (C=O) groups is 2. The first kappa shape index (κ1) is 18.3. The normalized spacial score (nSPS) is 11.2. The number of amides is 1. The Kier molecular flexibility index (Phi) is 5.96. The van der Waals surface area contributed by atoms with Gasteiger partial charge in [-0.2, -0.15) is 5.10 Å². The average molecular weight is 366 g/mol. The van der Waals surface area contributed by atoms with Crippen molar-refractivity contribution in [1.82, 2.24) is 9.78 Å². The van der Waals surface area contributed by atoms with Crippen LogP contribution in [-0.2, 0) is 21.0 Å². The SMILES string of the molecule is Cc1c(Cl)cnn1CC(=O)O/N=C(\N)c1ccc(OCC(N)=O)cc1. The number of amidine groups is 1. The summed E-state index contributed by atoms with van der Waals surface area (Å²) in [6.07, 6.45) is 1.43. The molecule has 2 rings (SSSR count). The number of rotatable bonds is 7. The van der Waals surface area contributed by atoms with Crippen LogP contribution in [0, 0.1) is 6.92 Å². The van der Waals surface area contributed by atoms with Crippen LogP contribution in [0.15, 0.2) is 35.6 Å². The van der Waals surface area contributed by atoms with E-state index in [1.807, 2.05) is 0 Å². The van der Waals surface area contributed by atoms with Gasteiger partial charge < -0.3 is 21.0 Å². The van der Waals surface area contributed by atoms with E-state index in [1.54, 1.807) is 31.2 Å². The molecule has 1 heterocycles. The summed E-state index contributed by atoms with van der Waals surface area (Å²) in [5.41, 5.74) is 11.9. The molecule has 0 unspecified atom stereocenters. The summed E-state index contributed by atoms with van der Waals surface area (Å²) in [4.78, 5) is 27.2. The van der Waals surface area contributed by atoms with E-state index in [2.05, 4.69) is 10.3 Å². The zero-order valence-corrected chi connectivity index (χ0v) is 14.1. The highest BCUT2D eigenvalue weighted by atomic mass is 35.5. The van der Waals surface area contributed by atoms with Crippen molar-refractivity contribution in [3.8, 4) is 5.75 Å². The van der Waals surface area contributed by atoms with Crippen LogP contribution >= 0.6 is 11.6 Å². The first-order valence-corrected chi connectivity index (χ1v) is 7.47. The molecule has 0 fully saturated rings. The van der Waals surface area contributed by atoms with Crippen molar-refractivity contribution in [3.05, 3.63) is 46.7 Å². The fraction of sp³-hybridized carbons (Fsp3) is 0.200. The molecule has 4 N–H and O–H groups in total. The van der Waals surface area contributed by atoms with Gasteiger partial charge in [-0.05, 0) is 31.2 Å². The molecule has 10 heteroatoms. The van der Waals surface area contributed by atoms with E-state index < -0.39 is 11.9 Å². The molecule has 9 nitrogen and oxygen atoms in total. The van der Waals surface area contributed by atoms with E-state index in [9.17, 15) is 9.59 Å². The number of primary amides is 1. The predicted molar refractivity (Wildman–Crippen MR) is 89.9 cm³/mol. The van der Waals surface area contributed by atoms with Crippen molar-refractivity contribution in [2.75, 3.05) is 6.61 Å². The molecule has 25 heavy (non-hydrogen) atoms. The zero-order chi connectivity index (χ0) is 18.4. The van der Waals surface area contributed by atoms with Crippen molar-refractivity contribution in [2.45, 2.75) is 13.5 Å². The smallest absolute Gasteiger partial charge is 0.356 e. The van der Waals surface area contributed by atoms with Crippen molar-refractivity contribution >= 4 is 29.3 Å². The Morgan fingerprint density at radius 1 is 1.28 bits per heavy atom. The predicted octanol–water partition coefficient (Wildman–Crippen LogP) is 0.573. The number of hydrogen-bond acceptors (Lipinski definition) is 6. The summed E-state index contributed by atoms with van der Waals surface area (Å²) in [6, 6.07) is 6.36. The largest absolute Gasteiger partial charge is 0.484 e. The monoisotopic (exact) mass is 365 g/mol. The molecule has 1 aromatic carbocycles. The molecule has 2 aromatic rings. The van der Waals surface area contributed by atoms with Crippen LogP contribution in [0.3, 0.4) is 0 Å². The van der Waals surface area contributed by atoms with Gasteiger partial charge in [-0.3, -0.25) is 9.48 Å². The highest BCUT2D eigenvalue weighted by Crippen LogP contribution is 2.13. The summed E-state index contributed by atoms with van der Waals surface area (Å²) >= 11 is 5.85. The Labute approximate surface area is 148 Å². The number of oxime groups is 1. The second-order valence-electron chi connectivity index (χ2n) is 4.95. The average Bonchev–Trinajstić information content (AvgIpc) is 2.90. The maximum absolute atomic E-state index is 11.8. The van der Waals surface area contributed by atoms with Crippen LogP contribution < -0.4 is 16.2 Å². The minimum Gasteiger partial charge on any atom is -0.484 e. The molecule has 132 valence electrons. The van der Waals surface area contributed by atoms with E-state index in [0.717, 1.165) is 0 Å². The quantitative estimate of drug-likeness (QED) is 0.319. The zero-order valence-electron chi connectivity index (χ0n) is 13.3. The van der Waals surface area contributed by atoms with Crippen molar-refractivity contribution in [1.29, 1.82) is 0 Å². The molecule has 0 aliphatic rings. The van der Waals surface area contributed by atoms with Crippen LogP contribution in [-0.4, -0.2) is 34.1 Å². The highest BCUT2D eigenvalue weighted by molar-refractivity contribution is 6.31.